The van der Waals surface area contributed by atoms with Crippen LogP contribution in [0.25, 0.3) is 0 Å². The van der Waals surface area contributed by atoms with Crippen LogP contribution in [-0.2, 0) is 4.79 Å². The van der Waals surface area contributed by atoms with Gasteiger partial charge in [0.1, 0.15) is 12.0 Å². The largest absolute Gasteiger partial charge is 0.455 e. The number of hydrogen-bond donors (Lipinski definition) is 1. The Morgan fingerprint density at radius 2 is 1.90 bits per heavy atom. The second kappa shape index (κ2) is 6.02. The van der Waals surface area contributed by atoms with Crippen LogP contribution in [0.1, 0.15) is 22.8 Å². The van der Waals surface area contributed by atoms with E-state index in [0.29, 0.717) is 22.7 Å². The van der Waals surface area contributed by atoms with Crippen LogP contribution in [0.15, 0.2) is 42.5 Å². The van der Waals surface area contributed by atoms with Crippen molar-refractivity contribution in [3.05, 3.63) is 53.6 Å². The van der Waals surface area contributed by atoms with Crippen LogP contribution in [0.3, 0.4) is 0 Å². The molecule has 0 aliphatic rings. The molecule has 0 unspecified atom stereocenters. The smallest absolute Gasteiger partial charge is 0.221 e. The summed E-state index contributed by atoms with van der Waals surface area (Å²) in [6.45, 7) is 3.33. The van der Waals surface area contributed by atoms with Crippen LogP contribution in [-0.4, -0.2) is 12.2 Å². The quantitative estimate of drug-likeness (QED) is 0.863. The Kier molecular flexibility index (Phi) is 4.15. The molecule has 4 heteroatoms. The van der Waals surface area contributed by atoms with Gasteiger partial charge in [-0.1, -0.05) is 24.3 Å². The zero-order valence-electron chi connectivity index (χ0n) is 11.3. The Hall–Kier alpha value is -2.62. The maximum absolute atomic E-state index is 11.2. The van der Waals surface area contributed by atoms with Crippen LogP contribution >= 0.6 is 0 Å². The van der Waals surface area contributed by atoms with Gasteiger partial charge in [-0.15, -0.1) is 0 Å². The predicted octanol–water partition coefficient (Wildman–Crippen LogP) is 3.56. The first-order valence-electron chi connectivity index (χ1n) is 6.20. The lowest BCUT2D eigenvalue weighted by Gasteiger charge is -2.13. The van der Waals surface area contributed by atoms with Crippen LogP contribution in [0.5, 0.6) is 11.5 Å². The Morgan fingerprint density at radius 3 is 2.60 bits per heavy atom. The molecule has 2 aromatic carbocycles. The first kappa shape index (κ1) is 13.8. The van der Waals surface area contributed by atoms with Gasteiger partial charge in [0.15, 0.2) is 5.75 Å². The van der Waals surface area contributed by atoms with Crippen molar-refractivity contribution in [1.29, 1.82) is 0 Å². The van der Waals surface area contributed by atoms with E-state index in [-0.39, 0.29) is 5.91 Å². The number of carbonyl (C=O) groups excluding carboxylic acids is 2. The summed E-state index contributed by atoms with van der Waals surface area (Å²) < 4.78 is 5.81. The standard InChI is InChI=1S/C16H15NO3/c1-11-7-8-13(10-18)9-16(11)20-15-6-4-3-5-14(15)17-12(2)19/h3-10H,1-2H3,(H,17,19). The number of ether oxygens (including phenoxy) is 1. The van der Waals surface area contributed by atoms with Crippen LogP contribution in [0.2, 0.25) is 0 Å². The number of nitrogens with one attached hydrogen (secondary N) is 1. The molecule has 0 radical (unpaired) electrons. The minimum atomic E-state index is -0.167. The van der Waals surface area contributed by atoms with Gasteiger partial charge >= 0.3 is 0 Å². The molecule has 1 amide bonds. The molecular weight excluding hydrogens is 254 g/mol. The van der Waals surface area contributed by atoms with Crippen molar-refractivity contribution >= 4 is 17.9 Å². The third-order valence-corrected chi connectivity index (χ3v) is 2.77. The normalized spacial score (nSPS) is 9.90. The zero-order chi connectivity index (χ0) is 14.5. The van der Waals surface area contributed by atoms with E-state index in [9.17, 15) is 9.59 Å². The molecule has 2 aromatic rings. The SMILES string of the molecule is CC(=O)Nc1ccccc1Oc1cc(C=O)ccc1C. The van der Waals surface area contributed by atoms with E-state index in [4.69, 9.17) is 4.74 Å². The molecule has 20 heavy (non-hydrogen) atoms. The molecule has 0 heterocycles. The van der Waals surface area contributed by atoms with Gasteiger partial charge in [0.2, 0.25) is 5.91 Å². The van der Waals surface area contributed by atoms with Gasteiger partial charge in [0, 0.05) is 12.5 Å². The van der Waals surface area contributed by atoms with Crippen LogP contribution in [0.4, 0.5) is 5.69 Å². The van der Waals surface area contributed by atoms with Crippen molar-refractivity contribution in [2.24, 2.45) is 0 Å². The topological polar surface area (TPSA) is 55.4 Å². The molecule has 102 valence electrons. The van der Waals surface area contributed by atoms with E-state index < -0.39 is 0 Å². The van der Waals surface area contributed by atoms with Crippen LogP contribution in [0, 0.1) is 6.92 Å². The maximum Gasteiger partial charge on any atom is 0.221 e. The summed E-state index contributed by atoms with van der Waals surface area (Å²) in [5, 5.41) is 2.71. The molecule has 0 aliphatic heterocycles. The molecule has 2 rings (SSSR count). The third-order valence-electron chi connectivity index (χ3n) is 2.77. The highest BCUT2D eigenvalue weighted by atomic mass is 16.5. The predicted molar refractivity (Wildman–Crippen MR) is 77.4 cm³/mol. The minimum Gasteiger partial charge on any atom is -0.455 e. The molecule has 4 nitrogen and oxygen atoms in total. The van der Waals surface area contributed by atoms with Crippen LogP contribution < -0.4 is 10.1 Å². The first-order chi connectivity index (χ1) is 9.60. The molecule has 1 N–H and O–H groups in total. The lowest BCUT2D eigenvalue weighted by Crippen LogP contribution is -2.06. The van der Waals surface area contributed by atoms with E-state index >= 15 is 0 Å². The number of para-hydroxylation sites is 2. The average molecular weight is 269 g/mol. The monoisotopic (exact) mass is 269 g/mol. The Balaban J connectivity index is 2.34. The number of carbonyl (C=O) groups is 2. The van der Waals surface area contributed by atoms with E-state index in [1.165, 1.54) is 6.92 Å². The van der Waals surface area contributed by atoms with Gasteiger partial charge in [0.05, 0.1) is 5.69 Å². The summed E-state index contributed by atoms with van der Waals surface area (Å²) in [7, 11) is 0. The highest BCUT2D eigenvalue weighted by molar-refractivity contribution is 5.90. The summed E-state index contributed by atoms with van der Waals surface area (Å²) in [6.07, 6.45) is 0.770. The number of aldehydes is 1. The molecule has 0 saturated heterocycles. The maximum atomic E-state index is 11.2. The molecule has 0 spiro atoms. The summed E-state index contributed by atoms with van der Waals surface area (Å²) in [6, 6.07) is 12.4. The van der Waals surface area contributed by atoms with Crippen molar-refractivity contribution in [3.8, 4) is 11.5 Å². The number of amides is 1. The fourth-order valence-corrected chi connectivity index (χ4v) is 1.77. The molecular formula is C16H15NO3. The van der Waals surface area contributed by atoms with E-state index in [2.05, 4.69) is 5.32 Å². The third kappa shape index (κ3) is 3.23. The van der Waals surface area contributed by atoms with Crippen molar-refractivity contribution in [3.63, 3.8) is 0 Å². The fraction of sp³-hybridized carbons (Fsp3) is 0.125. The summed E-state index contributed by atoms with van der Waals surface area (Å²) in [5.41, 5.74) is 2.05. The molecule has 0 fully saturated rings. The zero-order valence-corrected chi connectivity index (χ0v) is 11.3. The van der Waals surface area contributed by atoms with E-state index in [1.54, 1.807) is 24.3 Å². The summed E-state index contributed by atoms with van der Waals surface area (Å²) in [5.74, 6) is 0.959. The van der Waals surface area contributed by atoms with Gasteiger partial charge in [-0.05, 0) is 30.7 Å². The number of hydrogen-bond acceptors (Lipinski definition) is 3. The molecule has 0 aliphatic carbocycles. The first-order valence-corrected chi connectivity index (χ1v) is 6.20. The number of aryl methyl sites for hydroxylation is 1. The van der Waals surface area contributed by atoms with Gasteiger partial charge in [0.25, 0.3) is 0 Å². The van der Waals surface area contributed by atoms with Crippen molar-refractivity contribution in [2.45, 2.75) is 13.8 Å². The highest BCUT2D eigenvalue weighted by Crippen LogP contribution is 2.31. The summed E-state index contributed by atoms with van der Waals surface area (Å²) >= 11 is 0. The van der Waals surface area contributed by atoms with E-state index in [1.807, 2.05) is 25.1 Å². The Labute approximate surface area is 117 Å². The van der Waals surface area contributed by atoms with Crippen molar-refractivity contribution in [2.75, 3.05) is 5.32 Å². The van der Waals surface area contributed by atoms with Gasteiger partial charge in [-0.3, -0.25) is 9.59 Å². The molecule has 0 aromatic heterocycles. The molecule has 0 atom stereocenters. The number of anilines is 1. The van der Waals surface area contributed by atoms with Crippen molar-refractivity contribution < 1.29 is 14.3 Å². The molecule has 0 bridgehead atoms. The Bertz CT molecular complexity index is 650. The highest BCUT2D eigenvalue weighted by Gasteiger charge is 2.08. The summed E-state index contributed by atoms with van der Waals surface area (Å²) in [4.78, 5) is 22.0. The second-order valence-corrected chi connectivity index (χ2v) is 4.42. The average Bonchev–Trinajstić information content (AvgIpc) is 2.43. The van der Waals surface area contributed by atoms with E-state index in [0.717, 1.165) is 11.8 Å². The second-order valence-electron chi connectivity index (χ2n) is 4.42. The van der Waals surface area contributed by atoms with Gasteiger partial charge in [-0.2, -0.15) is 0 Å². The molecule has 0 saturated carbocycles. The Morgan fingerprint density at radius 1 is 1.15 bits per heavy atom. The van der Waals surface area contributed by atoms with Crippen molar-refractivity contribution in [1.82, 2.24) is 0 Å². The fourth-order valence-electron chi connectivity index (χ4n) is 1.77. The lowest BCUT2D eigenvalue weighted by molar-refractivity contribution is -0.114. The van der Waals surface area contributed by atoms with Gasteiger partial charge in [-0.25, -0.2) is 0 Å². The lowest BCUT2D eigenvalue weighted by atomic mass is 10.1. The number of rotatable bonds is 4. The van der Waals surface area contributed by atoms with Gasteiger partial charge < -0.3 is 10.1 Å². The number of benzene rings is 2. The minimum absolute atomic E-state index is 0.167.